The van der Waals surface area contributed by atoms with Crippen molar-refractivity contribution in [2.24, 2.45) is 13.0 Å². The van der Waals surface area contributed by atoms with Crippen molar-refractivity contribution in [3.05, 3.63) is 35.8 Å². The molecule has 0 bridgehead atoms. The monoisotopic (exact) mass is 464 g/mol. The molecule has 0 saturated carbocycles. The van der Waals surface area contributed by atoms with Crippen LogP contribution in [0.5, 0.6) is 5.75 Å². The van der Waals surface area contributed by atoms with Crippen molar-refractivity contribution in [2.45, 2.75) is 44.2 Å². The average Bonchev–Trinajstić information content (AvgIpc) is 3.38. The summed E-state index contributed by atoms with van der Waals surface area (Å²) in [7, 11) is 2.02. The lowest BCUT2D eigenvalue weighted by atomic mass is 9.72. The van der Waals surface area contributed by atoms with Gasteiger partial charge < -0.3 is 29.2 Å². The number of hydrogen-bond acceptors (Lipinski definition) is 7. The Labute approximate surface area is 199 Å². The number of nitrogens with zero attached hydrogens (tertiary/aromatic N) is 3. The van der Waals surface area contributed by atoms with E-state index in [1.165, 1.54) is 5.56 Å². The molecule has 3 aromatic rings. The van der Waals surface area contributed by atoms with Gasteiger partial charge in [-0.05, 0) is 38.7 Å². The Morgan fingerprint density at radius 3 is 2.91 bits per heavy atom. The Morgan fingerprint density at radius 2 is 2.18 bits per heavy atom. The molecule has 3 aliphatic rings. The van der Waals surface area contributed by atoms with Gasteiger partial charge in [0.25, 0.3) is 0 Å². The van der Waals surface area contributed by atoms with Crippen LogP contribution in [0.2, 0.25) is 0 Å². The van der Waals surface area contributed by atoms with Crippen LogP contribution in [0.3, 0.4) is 0 Å². The van der Waals surface area contributed by atoms with Gasteiger partial charge >= 0.3 is 0 Å². The molecule has 180 valence electrons. The molecule has 6 rings (SSSR count). The summed E-state index contributed by atoms with van der Waals surface area (Å²) in [4.78, 5) is 9.77. The van der Waals surface area contributed by atoms with Crippen LogP contribution in [0.4, 0.5) is 5.82 Å². The first-order valence-corrected chi connectivity index (χ1v) is 12.3. The molecule has 5 heterocycles. The number of hydrogen-bond donors (Lipinski definition) is 2. The first kappa shape index (κ1) is 21.8. The topological polar surface area (TPSA) is 90.7 Å². The Kier molecular flexibility index (Phi) is 5.47. The molecule has 34 heavy (non-hydrogen) atoms. The molecule has 2 fully saturated rings. The summed E-state index contributed by atoms with van der Waals surface area (Å²) in [6, 6.07) is 4.10. The van der Waals surface area contributed by atoms with Gasteiger partial charge in [-0.1, -0.05) is 0 Å². The molecule has 0 aromatic carbocycles. The number of nitrogens with one attached hydrogen (secondary N) is 1. The van der Waals surface area contributed by atoms with Crippen molar-refractivity contribution in [2.75, 3.05) is 38.4 Å². The molecule has 3 aromatic heterocycles. The molecule has 2 aliphatic heterocycles. The molecule has 2 unspecified atom stereocenters. The number of anilines is 1. The van der Waals surface area contributed by atoms with Crippen molar-refractivity contribution < 1.29 is 19.3 Å². The maximum atomic E-state index is 9.78. The van der Waals surface area contributed by atoms with Gasteiger partial charge in [-0.3, -0.25) is 4.98 Å². The van der Waals surface area contributed by atoms with E-state index in [4.69, 9.17) is 19.2 Å². The molecule has 1 spiro atoms. The van der Waals surface area contributed by atoms with Gasteiger partial charge in [0.15, 0.2) is 0 Å². The number of pyridine rings is 2. The second-order valence-electron chi connectivity index (χ2n) is 10.0. The lowest BCUT2D eigenvalue weighted by Crippen LogP contribution is -2.34. The predicted octanol–water partition coefficient (Wildman–Crippen LogP) is 3.41. The normalized spacial score (nSPS) is 23.1. The minimum absolute atomic E-state index is 0.0214. The molecule has 8 heteroatoms. The third-order valence-corrected chi connectivity index (χ3v) is 7.46. The highest BCUT2D eigenvalue weighted by Gasteiger charge is 2.43. The van der Waals surface area contributed by atoms with E-state index in [9.17, 15) is 5.11 Å². The van der Waals surface area contributed by atoms with Crippen LogP contribution in [0.1, 0.15) is 37.4 Å². The van der Waals surface area contributed by atoms with E-state index in [1.807, 2.05) is 19.3 Å². The number of ether oxygens (including phenoxy) is 3. The molecule has 2 N–H and O–H groups in total. The van der Waals surface area contributed by atoms with Gasteiger partial charge in [-0.2, -0.15) is 0 Å². The van der Waals surface area contributed by atoms with E-state index in [2.05, 4.69) is 27.1 Å². The van der Waals surface area contributed by atoms with E-state index in [0.717, 1.165) is 85.7 Å². The standard InChI is InChI=1S/C26H32N4O4/c1-16(31)28-24-8-19-20(11-30(2)22(19)10-27-24)21-9-23(34-14-17-12-33-13-17)18-4-3-5-26(25(18)29-21)6-7-32-15-26/h8-11,16-17,31H,3-7,12-15H2,1-2H3,(H,27,28). The second-order valence-corrected chi connectivity index (χ2v) is 10.0. The molecule has 0 amide bonds. The van der Waals surface area contributed by atoms with Gasteiger partial charge in [0, 0.05) is 53.8 Å². The van der Waals surface area contributed by atoms with Crippen molar-refractivity contribution in [3.63, 3.8) is 0 Å². The Bertz CT molecular complexity index is 1210. The minimum Gasteiger partial charge on any atom is -0.493 e. The molecular weight excluding hydrogens is 432 g/mol. The lowest BCUT2D eigenvalue weighted by molar-refractivity contribution is -0.0510. The summed E-state index contributed by atoms with van der Waals surface area (Å²) in [5, 5.41) is 13.8. The number of fused-ring (bicyclic) bond motifs is 3. The van der Waals surface area contributed by atoms with Crippen LogP contribution in [0.15, 0.2) is 24.5 Å². The number of rotatable bonds is 6. The molecule has 1 aliphatic carbocycles. The number of aryl methyl sites for hydroxylation is 1. The minimum atomic E-state index is -0.684. The summed E-state index contributed by atoms with van der Waals surface area (Å²) < 4.78 is 19.8. The third kappa shape index (κ3) is 3.74. The molecule has 0 radical (unpaired) electrons. The van der Waals surface area contributed by atoms with E-state index in [-0.39, 0.29) is 5.41 Å². The second kappa shape index (κ2) is 8.52. The zero-order valence-corrected chi connectivity index (χ0v) is 19.8. The van der Waals surface area contributed by atoms with Crippen LogP contribution in [0, 0.1) is 5.92 Å². The summed E-state index contributed by atoms with van der Waals surface area (Å²) >= 11 is 0. The van der Waals surface area contributed by atoms with Crippen molar-refractivity contribution in [1.82, 2.24) is 14.5 Å². The van der Waals surface area contributed by atoms with E-state index >= 15 is 0 Å². The number of aliphatic hydroxyl groups excluding tert-OH is 1. The smallest absolute Gasteiger partial charge is 0.128 e. The van der Waals surface area contributed by atoms with Crippen molar-refractivity contribution >= 4 is 16.7 Å². The van der Waals surface area contributed by atoms with Crippen molar-refractivity contribution in [3.8, 4) is 17.0 Å². The maximum absolute atomic E-state index is 9.78. The third-order valence-electron chi connectivity index (χ3n) is 7.46. The van der Waals surface area contributed by atoms with Gasteiger partial charge in [-0.25, -0.2) is 4.98 Å². The zero-order chi connectivity index (χ0) is 23.3. The SMILES string of the molecule is CC(O)Nc1cc2c(-c3cc(OCC4COC4)c4c(n3)C3(CCC4)CCOC3)cn(C)c2cn1. The highest BCUT2D eigenvalue weighted by Crippen LogP contribution is 2.46. The number of aromatic nitrogens is 3. The van der Waals surface area contributed by atoms with Crippen LogP contribution >= 0.6 is 0 Å². The highest BCUT2D eigenvalue weighted by atomic mass is 16.5. The predicted molar refractivity (Wildman–Crippen MR) is 129 cm³/mol. The maximum Gasteiger partial charge on any atom is 0.128 e. The number of aliphatic hydroxyl groups is 1. The molecule has 8 nitrogen and oxygen atoms in total. The zero-order valence-electron chi connectivity index (χ0n) is 19.8. The largest absolute Gasteiger partial charge is 0.493 e. The Balaban J connectivity index is 1.49. The van der Waals surface area contributed by atoms with Gasteiger partial charge in [0.1, 0.15) is 17.8 Å². The van der Waals surface area contributed by atoms with E-state index in [0.29, 0.717) is 18.3 Å². The fraction of sp³-hybridized carbons (Fsp3) is 0.538. The summed E-state index contributed by atoms with van der Waals surface area (Å²) in [5.41, 5.74) is 5.34. The van der Waals surface area contributed by atoms with Crippen LogP contribution in [-0.4, -0.2) is 58.9 Å². The first-order chi connectivity index (χ1) is 16.5. The van der Waals surface area contributed by atoms with Gasteiger partial charge in [-0.15, -0.1) is 0 Å². The summed E-state index contributed by atoms with van der Waals surface area (Å²) in [6.45, 7) is 5.41. The fourth-order valence-electron chi connectivity index (χ4n) is 5.57. The lowest BCUT2D eigenvalue weighted by Gasteiger charge is -2.35. The van der Waals surface area contributed by atoms with Crippen molar-refractivity contribution in [1.29, 1.82) is 0 Å². The Morgan fingerprint density at radius 1 is 1.29 bits per heavy atom. The molecule has 2 saturated heterocycles. The van der Waals surface area contributed by atoms with Crippen LogP contribution < -0.4 is 10.1 Å². The summed E-state index contributed by atoms with van der Waals surface area (Å²) in [5.74, 6) is 2.04. The average molecular weight is 465 g/mol. The highest BCUT2D eigenvalue weighted by molar-refractivity contribution is 5.96. The van der Waals surface area contributed by atoms with E-state index in [1.54, 1.807) is 6.92 Å². The Hall–Kier alpha value is -2.68. The van der Waals surface area contributed by atoms with Crippen LogP contribution in [0.25, 0.3) is 22.2 Å². The van der Waals surface area contributed by atoms with Gasteiger partial charge in [0.2, 0.25) is 0 Å². The quantitative estimate of drug-likeness (QED) is 0.540. The molecule has 2 atom stereocenters. The first-order valence-electron chi connectivity index (χ1n) is 12.3. The van der Waals surface area contributed by atoms with E-state index < -0.39 is 6.23 Å². The molecular formula is C26H32N4O4. The van der Waals surface area contributed by atoms with Crippen LogP contribution in [-0.2, 0) is 28.4 Å². The summed E-state index contributed by atoms with van der Waals surface area (Å²) in [6.07, 6.45) is 7.50. The fourth-order valence-corrected chi connectivity index (χ4v) is 5.57. The van der Waals surface area contributed by atoms with Gasteiger partial charge in [0.05, 0.1) is 49.5 Å².